The highest BCUT2D eigenvalue weighted by Gasteiger charge is 2.19. The highest BCUT2D eigenvalue weighted by Crippen LogP contribution is 2.25. The first-order valence-corrected chi connectivity index (χ1v) is 10.5. The SMILES string of the molecule is CCn1c(SCC(=O)Nc2cccnc2Cl)nnc1C(C)Oc1ccc(C)cc1. The van der Waals surface area contributed by atoms with Crippen molar-refractivity contribution >= 4 is 35.0 Å². The number of hydrogen-bond donors (Lipinski definition) is 1. The Bertz CT molecular complexity index is 977. The Labute approximate surface area is 178 Å². The van der Waals surface area contributed by atoms with Gasteiger partial charge in [0.25, 0.3) is 0 Å². The first-order valence-electron chi connectivity index (χ1n) is 9.17. The largest absolute Gasteiger partial charge is 0.483 e. The van der Waals surface area contributed by atoms with Gasteiger partial charge in [-0.1, -0.05) is 41.1 Å². The minimum Gasteiger partial charge on any atom is -0.483 e. The zero-order valence-electron chi connectivity index (χ0n) is 16.4. The summed E-state index contributed by atoms with van der Waals surface area (Å²) < 4.78 is 7.95. The molecular weight excluding hydrogens is 410 g/mol. The van der Waals surface area contributed by atoms with Crippen molar-refractivity contribution in [2.24, 2.45) is 0 Å². The topological polar surface area (TPSA) is 81.9 Å². The van der Waals surface area contributed by atoms with Gasteiger partial charge in [-0.05, 0) is 45.0 Å². The van der Waals surface area contributed by atoms with Crippen LogP contribution < -0.4 is 10.1 Å². The van der Waals surface area contributed by atoms with Gasteiger partial charge in [-0.25, -0.2) is 4.98 Å². The predicted octanol–water partition coefficient (Wildman–Crippen LogP) is 4.53. The fraction of sp³-hybridized carbons (Fsp3) is 0.300. The number of nitrogens with zero attached hydrogens (tertiary/aromatic N) is 4. The number of rotatable bonds is 8. The Morgan fingerprint density at radius 2 is 2.03 bits per heavy atom. The molecule has 0 saturated heterocycles. The Kier molecular flexibility index (Phi) is 7.11. The summed E-state index contributed by atoms with van der Waals surface area (Å²) in [4.78, 5) is 16.2. The van der Waals surface area contributed by atoms with Crippen molar-refractivity contribution in [2.45, 2.75) is 38.6 Å². The zero-order valence-corrected chi connectivity index (χ0v) is 18.0. The van der Waals surface area contributed by atoms with Gasteiger partial charge in [0.1, 0.15) is 5.75 Å². The number of hydrogen-bond acceptors (Lipinski definition) is 6. The summed E-state index contributed by atoms with van der Waals surface area (Å²) in [6.07, 6.45) is 1.29. The lowest BCUT2D eigenvalue weighted by Gasteiger charge is -2.15. The molecule has 0 saturated carbocycles. The molecule has 1 amide bonds. The third-order valence-corrected chi connectivity index (χ3v) is 5.39. The van der Waals surface area contributed by atoms with Gasteiger partial charge in [-0.2, -0.15) is 0 Å². The van der Waals surface area contributed by atoms with E-state index in [2.05, 4.69) is 20.5 Å². The van der Waals surface area contributed by atoms with Gasteiger partial charge in [0.05, 0.1) is 11.4 Å². The molecule has 1 aromatic carbocycles. The number of pyridine rings is 1. The maximum atomic E-state index is 12.2. The highest BCUT2D eigenvalue weighted by atomic mass is 35.5. The van der Waals surface area contributed by atoms with Crippen LogP contribution in [-0.2, 0) is 11.3 Å². The van der Waals surface area contributed by atoms with Crippen LogP contribution >= 0.6 is 23.4 Å². The van der Waals surface area contributed by atoms with E-state index in [0.717, 1.165) is 5.75 Å². The van der Waals surface area contributed by atoms with Crippen LogP contribution in [-0.4, -0.2) is 31.4 Å². The molecule has 29 heavy (non-hydrogen) atoms. The second kappa shape index (κ2) is 9.76. The van der Waals surface area contributed by atoms with Crippen LogP contribution in [0.25, 0.3) is 0 Å². The second-order valence-corrected chi connectivity index (χ2v) is 7.64. The molecule has 1 unspecified atom stereocenters. The van der Waals surface area contributed by atoms with Crippen molar-refractivity contribution in [3.8, 4) is 5.75 Å². The number of amides is 1. The number of benzene rings is 1. The molecule has 2 heterocycles. The van der Waals surface area contributed by atoms with Crippen LogP contribution in [0.1, 0.15) is 31.3 Å². The first kappa shape index (κ1) is 21.1. The van der Waals surface area contributed by atoms with E-state index in [1.165, 1.54) is 17.3 Å². The molecule has 0 aliphatic heterocycles. The quantitative estimate of drug-likeness (QED) is 0.417. The molecule has 152 valence electrons. The van der Waals surface area contributed by atoms with E-state index >= 15 is 0 Å². The zero-order chi connectivity index (χ0) is 20.8. The lowest BCUT2D eigenvalue weighted by atomic mass is 10.2. The molecule has 0 radical (unpaired) electrons. The maximum Gasteiger partial charge on any atom is 0.234 e. The molecule has 2 aromatic heterocycles. The van der Waals surface area contributed by atoms with E-state index in [9.17, 15) is 4.79 Å². The number of thioether (sulfide) groups is 1. The third-order valence-electron chi connectivity index (χ3n) is 4.12. The fourth-order valence-corrected chi connectivity index (χ4v) is 3.65. The Morgan fingerprint density at radius 3 is 2.72 bits per heavy atom. The molecule has 3 aromatic rings. The van der Waals surface area contributed by atoms with Crippen molar-refractivity contribution in [3.63, 3.8) is 0 Å². The van der Waals surface area contributed by atoms with E-state index in [1.807, 2.05) is 49.6 Å². The predicted molar refractivity (Wildman–Crippen MR) is 115 cm³/mol. The summed E-state index contributed by atoms with van der Waals surface area (Å²) in [5, 5.41) is 12.2. The highest BCUT2D eigenvalue weighted by molar-refractivity contribution is 7.99. The summed E-state index contributed by atoms with van der Waals surface area (Å²) >= 11 is 7.28. The van der Waals surface area contributed by atoms with E-state index in [1.54, 1.807) is 18.3 Å². The Morgan fingerprint density at radius 1 is 1.28 bits per heavy atom. The van der Waals surface area contributed by atoms with E-state index in [0.29, 0.717) is 23.2 Å². The fourth-order valence-electron chi connectivity index (χ4n) is 2.67. The number of nitrogens with one attached hydrogen (secondary N) is 1. The molecule has 0 aliphatic carbocycles. The van der Waals surface area contributed by atoms with Crippen LogP contribution in [0.5, 0.6) is 5.75 Å². The lowest BCUT2D eigenvalue weighted by molar-refractivity contribution is -0.113. The normalized spacial score (nSPS) is 11.9. The lowest BCUT2D eigenvalue weighted by Crippen LogP contribution is -2.16. The summed E-state index contributed by atoms with van der Waals surface area (Å²) in [6, 6.07) is 11.3. The smallest absolute Gasteiger partial charge is 0.234 e. The summed E-state index contributed by atoms with van der Waals surface area (Å²) in [6.45, 7) is 6.64. The summed E-state index contributed by atoms with van der Waals surface area (Å²) in [7, 11) is 0. The van der Waals surface area contributed by atoms with Crippen LogP contribution in [0.2, 0.25) is 5.15 Å². The van der Waals surface area contributed by atoms with Gasteiger partial charge in [0, 0.05) is 12.7 Å². The molecule has 3 rings (SSSR count). The first-order chi connectivity index (χ1) is 14.0. The van der Waals surface area contributed by atoms with Crippen molar-refractivity contribution in [3.05, 3.63) is 59.1 Å². The minimum absolute atomic E-state index is 0.177. The van der Waals surface area contributed by atoms with Crippen molar-refractivity contribution in [2.75, 3.05) is 11.1 Å². The van der Waals surface area contributed by atoms with E-state index < -0.39 is 0 Å². The van der Waals surface area contributed by atoms with E-state index in [-0.39, 0.29) is 22.9 Å². The van der Waals surface area contributed by atoms with Crippen molar-refractivity contribution < 1.29 is 9.53 Å². The standard InChI is InChI=1S/C20H22ClN5O2S/c1-4-26-19(14(3)28-15-9-7-13(2)8-10-15)24-25-20(26)29-12-17(27)23-16-6-5-11-22-18(16)21/h5-11,14H,4,12H2,1-3H3,(H,23,27). The monoisotopic (exact) mass is 431 g/mol. The Balaban J connectivity index is 1.63. The number of aryl methyl sites for hydroxylation is 1. The molecular formula is C20H22ClN5O2S. The number of carbonyl (C=O) groups is 1. The van der Waals surface area contributed by atoms with Crippen LogP contribution in [0.4, 0.5) is 5.69 Å². The summed E-state index contributed by atoms with van der Waals surface area (Å²) in [5.41, 5.74) is 1.66. The number of carbonyl (C=O) groups excluding carboxylic acids is 1. The number of halogens is 1. The molecule has 1 atom stereocenters. The van der Waals surface area contributed by atoms with Crippen LogP contribution in [0.3, 0.4) is 0 Å². The molecule has 0 bridgehead atoms. The van der Waals surface area contributed by atoms with Crippen LogP contribution in [0.15, 0.2) is 47.8 Å². The Hall–Kier alpha value is -2.58. The van der Waals surface area contributed by atoms with Gasteiger partial charge in [-0.15, -0.1) is 10.2 Å². The molecule has 9 heteroatoms. The van der Waals surface area contributed by atoms with E-state index in [4.69, 9.17) is 16.3 Å². The molecule has 0 fully saturated rings. The molecule has 0 aliphatic rings. The number of aromatic nitrogens is 4. The summed E-state index contributed by atoms with van der Waals surface area (Å²) in [5.74, 6) is 1.47. The average molecular weight is 432 g/mol. The van der Waals surface area contributed by atoms with Gasteiger partial charge >= 0.3 is 0 Å². The average Bonchev–Trinajstić information content (AvgIpc) is 3.13. The van der Waals surface area contributed by atoms with Crippen molar-refractivity contribution in [1.82, 2.24) is 19.7 Å². The minimum atomic E-state index is -0.275. The molecule has 1 N–H and O–H groups in total. The second-order valence-electron chi connectivity index (χ2n) is 6.34. The number of ether oxygens (including phenoxy) is 1. The van der Waals surface area contributed by atoms with Gasteiger partial charge in [0.2, 0.25) is 5.91 Å². The van der Waals surface area contributed by atoms with Gasteiger partial charge in [-0.3, -0.25) is 4.79 Å². The van der Waals surface area contributed by atoms with Gasteiger partial charge < -0.3 is 14.6 Å². The maximum absolute atomic E-state index is 12.2. The van der Waals surface area contributed by atoms with Crippen molar-refractivity contribution in [1.29, 1.82) is 0 Å². The third kappa shape index (κ3) is 5.48. The van der Waals surface area contributed by atoms with Gasteiger partial charge in [0.15, 0.2) is 22.2 Å². The van der Waals surface area contributed by atoms with Crippen LogP contribution in [0, 0.1) is 6.92 Å². The number of anilines is 1. The molecule has 0 spiro atoms. The molecule has 7 nitrogen and oxygen atoms in total.